The molecular formula is C14H17N3O2. The minimum Gasteiger partial charge on any atom is -0.504 e. The predicted octanol–water partition coefficient (Wildman–Crippen LogP) is 1.83. The van der Waals surface area contributed by atoms with Crippen molar-refractivity contribution in [3.63, 3.8) is 0 Å². The molecule has 2 rings (SSSR count). The molecule has 0 fully saturated rings. The van der Waals surface area contributed by atoms with E-state index in [0.717, 1.165) is 12.1 Å². The van der Waals surface area contributed by atoms with Gasteiger partial charge in [-0.15, -0.1) is 0 Å². The topological polar surface area (TPSA) is 92.3 Å². The van der Waals surface area contributed by atoms with Crippen LogP contribution < -0.4 is 5.73 Å². The summed E-state index contributed by atoms with van der Waals surface area (Å²) in [7, 11) is 0. The third-order valence-electron chi connectivity index (χ3n) is 2.94. The summed E-state index contributed by atoms with van der Waals surface area (Å²) < 4.78 is 0. The molecule has 0 bridgehead atoms. The monoisotopic (exact) mass is 259 g/mol. The zero-order valence-electron chi connectivity index (χ0n) is 10.7. The van der Waals surface area contributed by atoms with Crippen molar-refractivity contribution in [1.29, 1.82) is 0 Å². The van der Waals surface area contributed by atoms with Gasteiger partial charge in [-0.2, -0.15) is 0 Å². The standard InChI is InChI=1S/C14H17N3O2/c1-2-10(15)8-11-5-6-16-14(17-11)9-3-4-12(18)13(19)7-9/h3-7,10,18-19H,2,8,15H2,1H3. The third-order valence-corrected chi connectivity index (χ3v) is 2.94. The largest absolute Gasteiger partial charge is 0.504 e. The number of aromatic hydroxyl groups is 2. The van der Waals surface area contributed by atoms with Crippen molar-refractivity contribution in [3.8, 4) is 22.9 Å². The molecule has 0 spiro atoms. The second-order valence-corrected chi connectivity index (χ2v) is 4.45. The second-order valence-electron chi connectivity index (χ2n) is 4.45. The maximum Gasteiger partial charge on any atom is 0.159 e. The number of phenolic OH excluding ortho intramolecular Hbond substituents is 2. The highest BCUT2D eigenvalue weighted by atomic mass is 16.3. The van der Waals surface area contributed by atoms with Crippen LogP contribution in [0.3, 0.4) is 0 Å². The molecule has 1 aromatic heterocycles. The van der Waals surface area contributed by atoms with Crippen molar-refractivity contribution in [3.05, 3.63) is 36.2 Å². The van der Waals surface area contributed by atoms with Crippen molar-refractivity contribution < 1.29 is 10.2 Å². The first-order valence-electron chi connectivity index (χ1n) is 6.20. The average molecular weight is 259 g/mol. The first-order chi connectivity index (χ1) is 9.10. The highest BCUT2D eigenvalue weighted by molar-refractivity contribution is 5.60. The summed E-state index contributed by atoms with van der Waals surface area (Å²) in [4.78, 5) is 8.59. The Kier molecular flexibility index (Phi) is 3.97. The summed E-state index contributed by atoms with van der Waals surface area (Å²) in [5, 5.41) is 18.8. The van der Waals surface area contributed by atoms with Crippen LogP contribution in [-0.2, 0) is 6.42 Å². The first-order valence-corrected chi connectivity index (χ1v) is 6.20. The number of nitrogens with two attached hydrogens (primary N) is 1. The Labute approximate surface area is 111 Å². The van der Waals surface area contributed by atoms with Gasteiger partial charge in [0, 0.05) is 29.9 Å². The fourth-order valence-electron chi connectivity index (χ4n) is 1.72. The van der Waals surface area contributed by atoms with E-state index in [1.807, 2.05) is 13.0 Å². The van der Waals surface area contributed by atoms with E-state index in [2.05, 4.69) is 9.97 Å². The van der Waals surface area contributed by atoms with E-state index < -0.39 is 0 Å². The molecule has 0 radical (unpaired) electrons. The molecule has 0 aliphatic heterocycles. The lowest BCUT2D eigenvalue weighted by Gasteiger charge is -2.09. The Morgan fingerprint density at radius 3 is 2.68 bits per heavy atom. The Bertz CT molecular complexity index is 572. The van der Waals surface area contributed by atoms with E-state index in [9.17, 15) is 10.2 Å². The highest BCUT2D eigenvalue weighted by Crippen LogP contribution is 2.28. The van der Waals surface area contributed by atoms with Crippen LogP contribution in [0.1, 0.15) is 19.0 Å². The summed E-state index contributed by atoms with van der Waals surface area (Å²) in [6.07, 6.45) is 3.25. The quantitative estimate of drug-likeness (QED) is 0.728. The molecule has 100 valence electrons. The van der Waals surface area contributed by atoms with Crippen LogP contribution in [0.2, 0.25) is 0 Å². The van der Waals surface area contributed by atoms with E-state index in [0.29, 0.717) is 17.8 Å². The first kappa shape index (κ1) is 13.3. The van der Waals surface area contributed by atoms with Crippen molar-refractivity contribution in [2.75, 3.05) is 0 Å². The number of hydrogen-bond donors (Lipinski definition) is 3. The van der Waals surface area contributed by atoms with E-state index in [4.69, 9.17) is 5.73 Å². The van der Waals surface area contributed by atoms with Gasteiger partial charge in [0.2, 0.25) is 0 Å². The van der Waals surface area contributed by atoms with Gasteiger partial charge in [0.05, 0.1) is 0 Å². The zero-order chi connectivity index (χ0) is 13.8. The van der Waals surface area contributed by atoms with Gasteiger partial charge in [-0.05, 0) is 30.7 Å². The summed E-state index contributed by atoms with van der Waals surface area (Å²) in [5.74, 6) is 0.167. The maximum absolute atomic E-state index is 9.49. The number of hydrogen-bond acceptors (Lipinski definition) is 5. The highest BCUT2D eigenvalue weighted by Gasteiger charge is 2.08. The third kappa shape index (κ3) is 3.20. The molecule has 1 aromatic carbocycles. The lowest BCUT2D eigenvalue weighted by molar-refractivity contribution is 0.404. The minimum absolute atomic E-state index is 0.0796. The summed E-state index contributed by atoms with van der Waals surface area (Å²) in [6, 6.07) is 6.43. The average Bonchev–Trinajstić information content (AvgIpc) is 2.42. The van der Waals surface area contributed by atoms with Gasteiger partial charge in [0.1, 0.15) is 0 Å². The molecular weight excluding hydrogens is 242 g/mol. The van der Waals surface area contributed by atoms with Gasteiger partial charge < -0.3 is 15.9 Å². The van der Waals surface area contributed by atoms with Crippen molar-refractivity contribution in [2.45, 2.75) is 25.8 Å². The Morgan fingerprint density at radius 2 is 2.00 bits per heavy atom. The normalized spacial score (nSPS) is 12.3. The minimum atomic E-state index is -0.184. The van der Waals surface area contributed by atoms with Gasteiger partial charge in [0.25, 0.3) is 0 Å². The smallest absolute Gasteiger partial charge is 0.159 e. The fourth-order valence-corrected chi connectivity index (χ4v) is 1.72. The lowest BCUT2D eigenvalue weighted by Crippen LogP contribution is -2.22. The number of benzene rings is 1. The van der Waals surface area contributed by atoms with Crippen LogP contribution >= 0.6 is 0 Å². The van der Waals surface area contributed by atoms with Gasteiger partial charge in [0.15, 0.2) is 17.3 Å². The zero-order valence-corrected chi connectivity index (χ0v) is 10.7. The molecule has 0 saturated carbocycles. The molecule has 5 heteroatoms. The molecule has 0 amide bonds. The van der Waals surface area contributed by atoms with Crippen LogP contribution in [0.15, 0.2) is 30.5 Å². The Morgan fingerprint density at radius 1 is 1.21 bits per heavy atom. The Hall–Kier alpha value is -2.14. The molecule has 0 aliphatic carbocycles. The van der Waals surface area contributed by atoms with E-state index in [1.54, 1.807) is 12.3 Å². The lowest BCUT2D eigenvalue weighted by atomic mass is 10.1. The van der Waals surface area contributed by atoms with E-state index in [1.165, 1.54) is 12.1 Å². The molecule has 0 saturated heterocycles. The molecule has 0 aliphatic rings. The number of nitrogens with zero attached hydrogens (tertiary/aromatic N) is 2. The van der Waals surface area contributed by atoms with Crippen LogP contribution in [0, 0.1) is 0 Å². The fraction of sp³-hybridized carbons (Fsp3) is 0.286. The van der Waals surface area contributed by atoms with Gasteiger partial charge in [-0.1, -0.05) is 6.92 Å². The number of phenols is 2. The summed E-state index contributed by atoms with van der Waals surface area (Å²) in [6.45, 7) is 2.03. The SMILES string of the molecule is CCC(N)Cc1ccnc(-c2ccc(O)c(O)c2)n1. The van der Waals surface area contributed by atoms with Crippen LogP contribution in [0.25, 0.3) is 11.4 Å². The van der Waals surface area contributed by atoms with Crippen molar-refractivity contribution >= 4 is 0 Å². The molecule has 1 heterocycles. The molecule has 5 nitrogen and oxygen atoms in total. The van der Waals surface area contributed by atoms with E-state index in [-0.39, 0.29) is 17.5 Å². The van der Waals surface area contributed by atoms with Gasteiger partial charge >= 0.3 is 0 Å². The van der Waals surface area contributed by atoms with Crippen molar-refractivity contribution in [1.82, 2.24) is 9.97 Å². The molecule has 2 aromatic rings. The summed E-state index contributed by atoms with van der Waals surface area (Å²) >= 11 is 0. The molecule has 19 heavy (non-hydrogen) atoms. The number of aromatic nitrogens is 2. The number of rotatable bonds is 4. The Balaban J connectivity index is 2.29. The summed E-state index contributed by atoms with van der Waals surface area (Å²) in [5.41, 5.74) is 7.43. The van der Waals surface area contributed by atoms with E-state index >= 15 is 0 Å². The van der Waals surface area contributed by atoms with Gasteiger partial charge in [-0.3, -0.25) is 0 Å². The van der Waals surface area contributed by atoms with Crippen LogP contribution in [0.4, 0.5) is 0 Å². The molecule has 1 atom stereocenters. The van der Waals surface area contributed by atoms with Gasteiger partial charge in [-0.25, -0.2) is 9.97 Å². The predicted molar refractivity (Wildman–Crippen MR) is 72.8 cm³/mol. The molecule has 4 N–H and O–H groups in total. The molecule has 1 unspecified atom stereocenters. The van der Waals surface area contributed by atoms with Crippen LogP contribution in [-0.4, -0.2) is 26.2 Å². The second kappa shape index (κ2) is 5.67. The van der Waals surface area contributed by atoms with Crippen LogP contribution in [0.5, 0.6) is 11.5 Å². The maximum atomic E-state index is 9.49. The van der Waals surface area contributed by atoms with Crippen molar-refractivity contribution in [2.24, 2.45) is 5.73 Å².